The molecule has 0 bridgehead atoms. The number of allylic oxidation sites excluding steroid dienone is 2. The van der Waals surface area contributed by atoms with Gasteiger partial charge in [-0.05, 0) is 25.8 Å². The number of carboxylic acid groups (broad SMARTS) is 1. The molecule has 0 radical (unpaired) electrons. The number of H-pyrrole nitrogens is 1. The van der Waals surface area contributed by atoms with Crippen molar-refractivity contribution in [2.75, 3.05) is 0 Å². The highest BCUT2D eigenvalue weighted by Gasteiger charge is 2.35. The zero-order valence-corrected chi connectivity index (χ0v) is 11.8. The molecule has 1 aliphatic rings. The fourth-order valence-corrected chi connectivity index (χ4v) is 3.16. The first-order valence-corrected chi connectivity index (χ1v) is 7.09. The molecule has 0 saturated heterocycles. The van der Waals surface area contributed by atoms with E-state index in [1.165, 1.54) is 0 Å². The van der Waals surface area contributed by atoms with Crippen molar-refractivity contribution in [3.8, 4) is 0 Å². The van der Waals surface area contributed by atoms with Crippen molar-refractivity contribution in [2.24, 2.45) is 11.8 Å². The van der Waals surface area contributed by atoms with Crippen LogP contribution >= 0.6 is 0 Å². The summed E-state index contributed by atoms with van der Waals surface area (Å²) in [4.78, 5) is 27.5. The smallest absolute Gasteiger partial charge is 0.307 e. The van der Waals surface area contributed by atoms with Crippen LogP contribution in [-0.4, -0.2) is 21.8 Å². The molecule has 108 valence electrons. The van der Waals surface area contributed by atoms with E-state index in [1.807, 2.05) is 43.3 Å². The predicted molar refractivity (Wildman–Crippen MR) is 80.4 cm³/mol. The number of aromatic amines is 1. The maximum atomic E-state index is 12.9. The van der Waals surface area contributed by atoms with Crippen LogP contribution in [0.4, 0.5) is 0 Å². The number of aliphatic carboxylic acids is 1. The molecule has 2 unspecified atom stereocenters. The van der Waals surface area contributed by atoms with Gasteiger partial charge >= 0.3 is 5.97 Å². The lowest BCUT2D eigenvalue weighted by Gasteiger charge is -2.24. The van der Waals surface area contributed by atoms with Gasteiger partial charge in [0.1, 0.15) is 0 Å². The van der Waals surface area contributed by atoms with E-state index in [-0.39, 0.29) is 5.78 Å². The maximum absolute atomic E-state index is 12.9. The number of aromatic nitrogens is 1. The molecule has 0 amide bonds. The first-order chi connectivity index (χ1) is 10.1. The van der Waals surface area contributed by atoms with Crippen LogP contribution in [0.15, 0.2) is 36.4 Å². The lowest BCUT2D eigenvalue weighted by Crippen LogP contribution is -2.31. The second-order valence-corrected chi connectivity index (χ2v) is 5.53. The number of hydrogen-bond acceptors (Lipinski definition) is 2. The predicted octanol–water partition coefficient (Wildman–Crippen LogP) is 3.33. The highest BCUT2D eigenvalue weighted by Crippen LogP contribution is 2.32. The Morgan fingerprint density at radius 1 is 1.14 bits per heavy atom. The van der Waals surface area contributed by atoms with Crippen molar-refractivity contribution in [1.82, 2.24) is 4.98 Å². The summed E-state index contributed by atoms with van der Waals surface area (Å²) in [6.45, 7) is 1.86. The quantitative estimate of drug-likeness (QED) is 0.670. The Morgan fingerprint density at radius 2 is 1.81 bits per heavy atom. The minimum atomic E-state index is -0.893. The fraction of sp³-hybridized carbons (Fsp3) is 0.294. The van der Waals surface area contributed by atoms with Gasteiger partial charge in [-0.3, -0.25) is 9.59 Å². The third-order valence-electron chi connectivity index (χ3n) is 4.23. The first kappa shape index (κ1) is 13.6. The molecule has 4 nitrogen and oxygen atoms in total. The molecule has 4 heteroatoms. The summed E-state index contributed by atoms with van der Waals surface area (Å²) in [5.41, 5.74) is 2.36. The normalized spacial score (nSPS) is 21.6. The number of carbonyl (C=O) groups is 2. The van der Waals surface area contributed by atoms with E-state index in [0.717, 1.165) is 16.6 Å². The molecule has 2 N–H and O–H groups in total. The van der Waals surface area contributed by atoms with Gasteiger partial charge in [0, 0.05) is 28.1 Å². The van der Waals surface area contributed by atoms with E-state index in [9.17, 15) is 14.7 Å². The number of ketones is 1. The summed E-state index contributed by atoms with van der Waals surface area (Å²) in [7, 11) is 0. The van der Waals surface area contributed by atoms with Crippen molar-refractivity contribution >= 4 is 22.7 Å². The van der Waals surface area contributed by atoms with E-state index in [0.29, 0.717) is 18.4 Å². The summed E-state index contributed by atoms with van der Waals surface area (Å²) in [6, 6.07) is 7.63. The number of para-hydroxylation sites is 1. The van der Waals surface area contributed by atoms with Crippen molar-refractivity contribution in [3.05, 3.63) is 47.7 Å². The van der Waals surface area contributed by atoms with E-state index < -0.39 is 17.8 Å². The molecule has 0 saturated carbocycles. The van der Waals surface area contributed by atoms with E-state index >= 15 is 0 Å². The van der Waals surface area contributed by atoms with Crippen LogP contribution < -0.4 is 0 Å². The van der Waals surface area contributed by atoms with Gasteiger partial charge in [-0.25, -0.2) is 0 Å². The van der Waals surface area contributed by atoms with Gasteiger partial charge in [-0.15, -0.1) is 0 Å². The number of rotatable bonds is 3. The average Bonchev–Trinajstić information content (AvgIpc) is 2.82. The molecule has 2 atom stereocenters. The number of benzene rings is 1. The number of carboxylic acids is 1. The molecule has 0 fully saturated rings. The largest absolute Gasteiger partial charge is 0.481 e. The van der Waals surface area contributed by atoms with Crippen LogP contribution in [0.5, 0.6) is 0 Å². The van der Waals surface area contributed by atoms with Gasteiger partial charge < -0.3 is 10.1 Å². The number of hydrogen-bond donors (Lipinski definition) is 2. The van der Waals surface area contributed by atoms with E-state index in [4.69, 9.17) is 0 Å². The van der Waals surface area contributed by atoms with Crippen molar-refractivity contribution in [1.29, 1.82) is 0 Å². The monoisotopic (exact) mass is 283 g/mol. The van der Waals surface area contributed by atoms with Gasteiger partial charge in [0.05, 0.1) is 5.92 Å². The zero-order valence-electron chi connectivity index (χ0n) is 11.8. The van der Waals surface area contributed by atoms with Crippen LogP contribution in [0.1, 0.15) is 28.9 Å². The minimum Gasteiger partial charge on any atom is -0.481 e. The lowest BCUT2D eigenvalue weighted by atomic mass is 9.78. The Balaban J connectivity index is 2.06. The van der Waals surface area contributed by atoms with Crippen molar-refractivity contribution < 1.29 is 14.7 Å². The van der Waals surface area contributed by atoms with Crippen LogP contribution in [0.25, 0.3) is 10.9 Å². The molecule has 1 aromatic heterocycles. The molecule has 1 aromatic carbocycles. The van der Waals surface area contributed by atoms with Crippen molar-refractivity contribution in [3.63, 3.8) is 0 Å². The highest BCUT2D eigenvalue weighted by atomic mass is 16.4. The van der Waals surface area contributed by atoms with Gasteiger partial charge in [-0.1, -0.05) is 30.4 Å². The first-order valence-electron chi connectivity index (χ1n) is 7.09. The van der Waals surface area contributed by atoms with Crippen LogP contribution in [0.3, 0.4) is 0 Å². The fourth-order valence-electron chi connectivity index (χ4n) is 3.16. The SMILES string of the molecule is Cc1[nH]c2ccccc2c1C(=O)C1CC=CCC1C(=O)O. The number of Topliss-reactive ketones (excluding diaryl/α,β-unsaturated/α-hetero) is 1. The van der Waals surface area contributed by atoms with Crippen LogP contribution in [-0.2, 0) is 4.79 Å². The van der Waals surface area contributed by atoms with Gasteiger partial charge in [0.15, 0.2) is 5.78 Å². The van der Waals surface area contributed by atoms with Gasteiger partial charge in [0.2, 0.25) is 0 Å². The average molecular weight is 283 g/mol. The topological polar surface area (TPSA) is 70.2 Å². The molecule has 0 aliphatic heterocycles. The molecule has 2 aromatic rings. The summed E-state index contributed by atoms with van der Waals surface area (Å²) >= 11 is 0. The van der Waals surface area contributed by atoms with E-state index in [2.05, 4.69) is 4.98 Å². The molecule has 3 rings (SSSR count). The molecule has 0 spiro atoms. The molecule has 1 aliphatic carbocycles. The van der Waals surface area contributed by atoms with Gasteiger partial charge in [0.25, 0.3) is 0 Å². The number of nitrogens with one attached hydrogen (secondary N) is 1. The van der Waals surface area contributed by atoms with Crippen molar-refractivity contribution in [2.45, 2.75) is 19.8 Å². The second-order valence-electron chi connectivity index (χ2n) is 5.53. The Morgan fingerprint density at radius 3 is 2.52 bits per heavy atom. The van der Waals surface area contributed by atoms with Crippen LogP contribution in [0.2, 0.25) is 0 Å². The van der Waals surface area contributed by atoms with Gasteiger partial charge in [-0.2, -0.15) is 0 Å². The Kier molecular flexibility index (Phi) is 3.37. The number of fused-ring (bicyclic) bond motifs is 1. The molecular weight excluding hydrogens is 266 g/mol. The molecule has 1 heterocycles. The summed E-state index contributed by atoms with van der Waals surface area (Å²) in [5, 5.41) is 10.2. The summed E-state index contributed by atoms with van der Waals surface area (Å²) < 4.78 is 0. The van der Waals surface area contributed by atoms with E-state index in [1.54, 1.807) is 0 Å². The lowest BCUT2D eigenvalue weighted by molar-refractivity contribution is -0.143. The summed E-state index contributed by atoms with van der Waals surface area (Å²) in [5.74, 6) is -2.07. The number of carbonyl (C=O) groups excluding carboxylic acids is 1. The minimum absolute atomic E-state index is 0.0679. The second kappa shape index (κ2) is 5.20. The zero-order chi connectivity index (χ0) is 15.0. The Bertz CT molecular complexity index is 742. The standard InChI is InChI=1S/C17H17NO3/c1-10-15(13-8-4-5-9-14(13)18-10)16(19)11-6-2-3-7-12(11)17(20)21/h2-5,8-9,11-12,18H,6-7H2,1H3,(H,20,21). The Hall–Kier alpha value is -2.36. The highest BCUT2D eigenvalue weighted by molar-refractivity contribution is 6.11. The van der Waals surface area contributed by atoms with Crippen LogP contribution in [0, 0.1) is 18.8 Å². The third-order valence-corrected chi connectivity index (χ3v) is 4.23. The molecule has 21 heavy (non-hydrogen) atoms. The summed E-state index contributed by atoms with van der Waals surface area (Å²) in [6.07, 6.45) is 4.68. The third kappa shape index (κ3) is 2.27. The number of aryl methyl sites for hydroxylation is 1. The molecular formula is C17H17NO3. The maximum Gasteiger partial charge on any atom is 0.307 e. The Labute approximate surface area is 122 Å².